The third-order valence-electron chi connectivity index (χ3n) is 15.8. The number of aliphatic hydroxyl groups excluding tert-OH is 1. The van der Waals surface area contributed by atoms with E-state index in [2.05, 4.69) is 153 Å². The van der Waals surface area contributed by atoms with E-state index >= 15 is 0 Å². The molecule has 0 heterocycles. The first-order chi connectivity index (χ1) is 43.5. The lowest BCUT2D eigenvalue weighted by molar-refractivity contribution is -0.870. The second-order valence-corrected chi connectivity index (χ2v) is 27.0. The molecule has 510 valence electrons. The van der Waals surface area contributed by atoms with Crippen molar-refractivity contribution in [2.45, 2.75) is 315 Å². The van der Waals surface area contributed by atoms with Crippen molar-refractivity contribution >= 4 is 13.7 Å². The van der Waals surface area contributed by atoms with Gasteiger partial charge >= 0.3 is 0 Å². The van der Waals surface area contributed by atoms with Gasteiger partial charge in [0, 0.05) is 6.42 Å². The minimum Gasteiger partial charge on any atom is -0.756 e. The van der Waals surface area contributed by atoms with Crippen molar-refractivity contribution in [3.8, 4) is 0 Å². The van der Waals surface area contributed by atoms with E-state index in [1.54, 1.807) is 6.08 Å². The van der Waals surface area contributed by atoms with Gasteiger partial charge in [0.25, 0.3) is 7.82 Å². The Morgan fingerprint density at radius 3 is 1.00 bits per heavy atom. The van der Waals surface area contributed by atoms with Gasteiger partial charge in [0.15, 0.2) is 0 Å². The molecular weight excluding hydrogens is 1120 g/mol. The Bertz CT molecular complexity index is 1960. The van der Waals surface area contributed by atoms with Crippen LogP contribution in [0.5, 0.6) is 0 Å². The lowest BCUT2D eigenvalue weighted by Crippen LogP contribution is -2.45. The van der Waals surface area contributed by atoms with Crippen LogP contribution in [0.3, 0.4) is 0 Å². The number of allylic oxidation sites excluding steroid dienone is 23. The Balaban J connectivity index is 4.15. The summed E-state index contributed by atoms with van der Waals surface area (Å²) in [7, 11) is 1.24. The Morgan fingerprint density at radius 1 is 0.404 bits per heavy atom. The number of hydrogen-bond acceptors (Lipinski definition) is 6. The first kappa shape index (κ1) is 85.4. The van der Waals surface area contributed by atoms with Crippen LogP contribution in [0.15, 0.2) is 146 Å². The molecule has 1 amide bonds. The summed E-state index contributed by atoms with van der Waals surface area (Å²) in [6.45, 7) is 4.54. The van der Waals surface area contributed by atoms with Crippen molar-refractivity contribution < 1.29 is 32.9 Å². The van der Waals surface area contributed by atoms with Gasteiger partial charge in [-0.3, -0.25) is 9.36 Å². The summed E-state index contributed by atoms with van der Waals surface area (Å²) in [6.07, 6.45) is 105. The third-order valence-corrected chi connectivity index (χ3v) is 16.8. The fraction of sp³-hybridized carbons (Fsp3) is 0.688. The number of quaternary nitrogens is 1. The van der Waals surface area contributed by atoms with Gasteiger partial charge in [-0.25, -0.2) is 0 Å². The van der Waals surface area contributed by atoms with Crippen LogP contribution in [-0.2, 0) is 18.4 Å². The highest BCUT2D eigenvalue weighted by Gasteiger charge is 2.23. The summed E-state index contributed by atoms with van der Waals surface area (Å²) >= 11 is 0. The monoisotopic (exact) mass is 1260 g/mol. The van der Waals surface area contributed by atoms with Crippen molar-refractivity contribution in [3.63, 3.8) is 0 Å². The highest BCUT2D eigenvalue weighted by atomic mass is 31.2. The van der Waals surface area contributed by atoms with Crippen molar-refractivity contribution in [2.24, 2.45) is 0 Å². The van der Waals surface area contributed by atoms with Crippen LogP contribution in [0.1, 0.15) is 303 Å². The maximum atomic E-state index is 13.0. The van der Waals surface area contributed by atoms with E-state index in [9.17, 15) is 19.4 Å². The second-order valence-electron chi connectivity index (χ2n) is 25.6. The zero-order valence-corrected chi connectivity index (χ0v) is 59.2. The van der Waals surface area contributed by atoms with Gasteiger partial charge in [-0.05, 0) is 103 Å². The molecule has 0 aromatic carbocycles. The number of carbonyl (C=O) groups is 1. The molecular formula is C80H139N2O6P. The number of phosphoric acid groups is 1. The maximum absolute atomic E-state index is 13.0. The number of aliphatic hydroxyl groups is 1. The Hall–Kier alpha value is -3.62. The van der Waals surface area contributed by atoms with Gasteiger partial charge in [0.05, 0.1) is 39.9 Å². The molecule has 0 fully saturated rings. The van der Waals surface area contributed by atoms with E-state index in [-0.39, 0.29) is 12.5 Å². The van der Waals surface area contributed by atoms with Crippen molar-refractivity contribution in [2.75, 3.05) is 40.9 Å². The fourth-order valence-electron chi connectivity index (χ4n) is 10.2. The van der Waals surface area contributed by atoms with Gasteiger partial charge in [0.1, 0.15) is 13.2 Å². The number of phosphoric ester groups is 1. The van der Waals surface area contributed by atoms with Crippen LogP contribution >= 0.6 is 7.82 Å². The SMILES string of the molecule is CC/C=C\C/C=C\C/C=C\C/C=C\C/C=C\C/C=C\C/C=C\C/C=C\C/C=C\C/C=C\C/C=C\CCCCCCCCCC(=O)NC(COP(=O)([O-])OCC[N+](C)(C)C)C(O)/C=C/CCCCCCCCCCCCCCCCCCCCCCCCCC. The van der Waals surface area contributed by atoms with E-state index < -0.39 is 26.6 Å². The Morgan fingerprint density at radius 2 is 0.685 bits per heavy atom. The lowest BCUT2D eigenvalue weighted by Gasteiger charge is -2.29. The average molecular weight is 1260 g/mol. The molecule has 0 radical (unpaired) electrons. The molecule has 3 unspecified atom stereocenters. The van der Waals surface area contributed by atoms with Crippen LogP contribution < -0.4 is 10.2 Å². The highest BCUT2D eigenvalue weighted by molar-refractivity contribution is 7.45. The number of carbonyl (C=O) groups excluding carboxylic acids is 1. The minimum atomic E-state index is -4.62. The number of nitrogens with one attached hydrogen (secondary N) is 1. The molecule has 3 atom stereocenters. The summed E-state index contributed by atoms with van der Waals surface area (Å²) in [5, 5.41) is 14.0. The normalized spacial score (nSPS) is 14.5. The minimum absolute atomic E-state index is 0.00978. The molecule has 0 saturated carbocycles. The van der Waals surface area contributed by atoms with Gasteiger partial charge in [0.2, 0.25) is 5.91 Å². The molecule has 0 saturated heterocycles. The number of amides is 1. The molecule has 8 nitrogen and oxygen atoms in total. The summed E-state index contributed by atoms with van der Waals surface area (Å²) < 4.78 is 23.5. The quantitative estimate of drug-likeness (QED) is 0.0272. The summed E-state index contributed by atoms with van der Waals surface area (Å²) in [6, 6.07) is -0.905. The summed E-state index contributed by atoms with van der Waals surface area (Å²) in [4.78, 5) is 25.7. The maximum Gasteiger partial charge on any atom is 0.268 e. The molecule has 2 N–H and O–H groups in total. The van der Waals surface area contributed by atoms with Crippen LogP contribution in [-0.4, -0.2) is 68.5 Å². The molecule has 0 aliphatic carbocycles. The zero-order chi connectivity index (χ0) is 64.8. The summed E-state index contributed by atoms with van der Waals surface area (Å²) in [5.41, 5.74) is 0. The van der Waals surface area contributed by atoms with E-state index in [0.29, 0.717) is 17.4 Å². The van der Waals surface area contributed by atoms with E-state index in [1.165, 1.54) is 161 Å². The number of hydrogen-bond donors (Lipinski definition) is 2. The van der Waals surface area contributed by atoms with Gasteiger partial charge < -0.3 is 28.8 Å². The number of rotatable bonds is 66. The molecule has 0 aliphatic heterocycles. The standard InChI is InChI=1S/C80H139N2O6P/c1-6-8-10-12-14-16-18-20-22-24-26-28-30-32-34-35-36-37-38-39-40-41-42-43-44-45-46-47-48-50-52-54-56-58-60-62-64-66-68-70-72-74-80(84)81-78(77-88-89(85,86)87-76-75-82(3,4)5)79(83)73-71-69-67-65-63-61-59-57-55-53-51-49-33-31-29-27-25-23-21-19-17-15-13-11-9-7-2/h8,10,14,16,20,22,26,28,32,34,36-37,39-40,42-43,45-46,48,50,54,56,71,73,78-79,83H,6-7,9,11-13,15,17-19,21,23-25,27,29-31,33,35,38,41,44,47,49,51-53,55,57-70,72,74-77H2,1-5H3,(H-,81,84,85,86)/b10-8-,16-14-,22-20-,28-26-,34-32-,37-36-,40-39-,43-42-,46-45-,50-48-,56-54-,73-71+. The van der Waals surface area contributed by atoms with E-state index in [0.717, 1.165) is 122 Å². The number of likely N-dealkylation sites (N-methyl/N-ethyl adjacent to an activating group) is 1. The average Bonchev–Trinajstić information content (AvgIpc) is 3.61. The van der Waals surface area contributed by atoms with Gasteiger partial charge in [-0.15, -0.1) is 0 Å². The fourth-order valence-corrected chi connectivity index (χ4v) is 10.9. The van der Waals surface area contributed by atoms with Crippen LogP contribution in [0.4, 0.5) is 0 Å². The first-order valence-electron chi connectivity index (χ1n) is 36.7. The number of nitrogens with zero attached hydrogens (tertiary/aromatic N) is 1. The Kier molecular flexibility index (Phi) is 65.9. The van der Waals surface area contributed by atoms with Crippen molar-refractivity contribution in [3.05, 3.63) is 146 Å². The zero-order valence-electron chi connectivity index (χ0n) is 58.3. The summed E-state index contributed by atoms with van der Waals surface area (Å²) in [5.74, 6) is -0.211. The second kappa shape index (κ2) is 68.7. The van der Waals surface area contributed by atoms with E-state index in [4.69, 9.17) is 9.05 Å². The topological polar surface area (TPSA) is 108 Å². The smallest absolute Gasteiger partial charge is 0.268 e. The van der Waals surface area contributed by atoms with Crippen molar-refractivity contribution in [1.29, 1.82) is 0 Å². The van der Waals surface area contributed by atoms with E-state index in [1.807, 2.05) is 27.2 Å². The molecule has 0 aromatic heterocycles. The molecule has 0 rings (SSSR count). The van der Waals surface area contributed by atoms with Crippen LogP contribution in [0.25, 0.3) is 0 Å². The molecule has 0 bridgehead atoms. The lowest BCUT2D eigenvalue weighted by atomic mass is 10.0. The molecule has 9 heteroatoms. The molecule has 0 spiro atoms. The van der Waals surface area contributed by atoms with Crippen LogP contribution in [0.2, 0.25) is 0 Å². The Labute approximate surface area is 550 Å². The largest absolute Gasteiger partial charge is 0.756 e. The number of unbranched alkanes of at least 4 members (excludes halogenated alkanes) is 31. The third kappa shape index (κ3) is 71.7. The van der Waals surface area contributed by atoms with Crippen molar-refractivity contribution in [1.82, 2.24) is 5.32 Å². The highest BCUT2D eigenvalue weighted by Crippen LogP contribution is 2.38. The van der Waals surface area contributed by atoms with Crippen LogP contribution in [0, 0.1) is 0 Å². The molecule has 0 aliphatic rings. The predicted octanol–water partition coefficient (Wildman–Crippen LogP) is 23.3. The predicted molar refractivity (Wildman–Crippen MR) is 389 cm³/mol. The van der Waals surface area contributed by atoms with Gasteiger partial charge in [-0.2, -0.15) is 0 Å². The first-order valence-corrected chi connectivity index (χ1v) is 38.2. The van der Waals surface area contributed by atoms with Gasteiger partial charge in [-0.1, -0.05) is 339 Å². The molecule has 89 heavy (non-hydrogen) atoms. The molecule has 0 aromatic rings.